The van der Waals surface area contributed by atoms with E-state index in [0.29, 0.717) is 25.7 Å². The third-order valence-electron chi connectivity index (χ3n) is 20.0. The van der Waals surface area contributed by atoms with E-state index in [1.165, 1.54) is 283 Å². The molecule has 0 fully saturated rings. The SMILES string of the molecule is CCCCCCCCCCCCCCCCCCCCCC(=O)O[C@H](COC(=O)CCCCCCCCCCCCCCCCCCCC)COP(=O)(O)OC[C@@H](O)COP(=O)(O)OC[C@@H](COC(=O)CCCCCCCCCCCCCCC)OC(=O)CCCCCCCCCCCCCC(C)C. The zero-order chi connectivity index (χ0) is 76.2. The second kappa shape index (κ2) is 77.8. The van der Waals surface area contributed by atoms with E-state index >= 15 is 0 Å². The lowest BCUT2D eigenvalue weighted by atomic mass is 10.0. The van der Waals surface area contributed by atoms with E-state index in [1.807, 2.05) is 0 Å². The predicted molar refractivity (Wildman–Crippen MR) is 428 cm³/mol. The molecule has 17 nitrogen and oxygen atoms in total. The van der Waals surface area contributed by atoms with Crippen molar-refractivity contribution in [2.75, 3.05) is 39.6 Å². The van der Waals surface area contributed by atoms with Crippen molar-refractivity contribution >= 4 is 39.5 Å². The van der Waals surface area contributed by atoms with Crippen LogP contribution in [0.25, 0.3) is 0 Å². The monoisotopic (exact) mass is 1520 g/mol. The molecule has 0 heterocycles. The molecule has 0 aromatic heterocycles. The summed E-state index contributed by atoms with van der Waals surface area (Å²) in [6.45, 7) is 7.37. The molecule has 0 amide bonds. The second-order valence-corrected chi connectivity index (χ2v) is 34.0. The number of phosphoric acid groups is 2. The Bertz CT molecular complexity index is 1980. The lowest BCUT2D eigenvalue weighted by Crippen LogP contribution is -2.30. The van der Waals surface area contributed by atoms with Crippen LogP contribution in [0, 0.1) is 5.92 Å². The van der Waals surface area contributed by atoms with E-state index in [-0.39, 0.29) is 25.7 Å². The molecule has 3 N–H and O–H groups in total. The number of carbonyl (C=O) groups is 4. The van der Waals surface area contributed by atoms with E-state index in [1.54, 1.807) is 0 Å². The van der Waals surface area contributed by atoms with Gasteiger partial charge in [-0.15, -0.1) is 0 Å². The van der Waals surface area contributed by atoms with E-state index in [9.17, 15) is 43.2 Å². The number of aliphatic hydroxyl groups is 1. The molecule has 5 atom stereocenters. The minimum Gasteiger partial charge on any atom is -0.462 e. The summed E-state index contributed by atoms with van der Waals surface area (Å²) in [7, 11) is -9.93. The lowest BCUT2D eigenvalue weighted by Gasteiger charge is -2.21. The molecule has 0 rings (SSSR count). The Hall–Kier alpha value is -1.94. The molecular formula is C85H166O17P2. The number of hydrogen-bond donors (Lipinski definition) is 3. The van der Waals surface area contributed by atoms with Gasteiger partial charge in [-0.1, -0.05) is 407 Å². The largest absolute Gasteiger partial charge is 0.472 e. The Morgan fingerprint density at radius 2 is 0.442 bits per heavy atom. The highest BCUT2D eigenvalue weighted by Gasteiger charge is 2.30. The molecule has 0 aliphatic heterocycles. The summed E-state index contributed by atoms with van der Waals surface area (Å²) >= 11 is 0. The van der Waals surface area contributed by atoms with E-state index in [0.717, 1.165) is 95.8 Å². The fraction of sp³-hybridized carbons (Fsp3) is 0.953. The predicted octanol–water partition coefficient (Wildman–Crippen LogP) is 26.0. The van der Waals surface area contributed by atoms with Gasteiger partial charge in [0, 0.05) is 25.7 Å². The Balaban J connectivity index is 5.26. The highest BCUT2D eigenvalue weighted by molar-refractivity contribution is 7.47. The van der Waals surface area contributed by atoms with Gasteiger partial charge in [-0.2, -0.15) is 0 Å². The number of esters is 4. The molecule has 0 bridgehead atoms. The Morgan fingerprint density at radius 1 is 0.260 bits per heavy atom. The Morgan fingerprint density at radius 3 is 0.654 bits per heavy atom. The second-order valence-electron chi connectivity index (χ2n) is 31.1. The summed E-state index contributed by atoms with van der Waals surface area (Å²) in [5, 5.41) is 10.7. The van der Waals surface area contributed by atoms with Crippen LogP contribution in [0.4, 0.5) is 0 Å². The number of phosphoric ester groups is 2. The molecule has 2 unspecified atom stereocenters. The van der Waals surface area contributed by atoms with Gasteiger partial charge < -0.3 is 33.8 Å². The van der Waals surface area contributed by atoms with Crippen LogP contribution in [-0.2, 0) is 65.4 Å². The first kappa shape index (κ1) is 102. The maximum atomic E-state index is 13.1. The molecule has 0 saturated carbocycles. The van der Waals surface area contributed by atoms with E-state index in [4.69, 9.17) is 37.0 Å². The van der Waals surface area contributed by atoms with Crippen molar-refractivity contribution in [3.05, 3.63) is 0 Å². The molecule has 0 spiro atoms. The van der Waals surface area contributed by atoms with Crippen LogP contribution in [0.3, 0.4) is 0 Å². The highest BCUT2D eigenvalue weighted by Crippen LogP contribution is 2.45. The first-order valence-electron chi connectivity index (χ1n) is 44.1. The Kier molecular flexibility index (Phi) is 76.3. The maximum absolute atomic E-state index is 13.1. The minimum absolute atomic E-state index is 0.107. The van der Waals surface area contributed by atoms with Crippen molar-refractivity contribution in [1.82, 2.24) is 0 Å². The average Bonchev–Trinajstić information content (AvgIpc) is 0.907. The van der Waals surface area contributed by atoms with E-state index in [2.05, 4.69) is 34.6 Å². The van der Waals surface area contributed by atoms with Crippen LogP contribution < -0.4 is 0 Å². The molecule has 0 aromatic carbocycles. The number of ether oxygens (including phenoxy) is 4. The number of unbranched alkanes of at least 4 members (excludes halogenated alkanes) is 57. The minimum atomic E-state index is -4.96. The normalized spacial score (nSPS) is 13.8. The molecular weight excluding hydrogens is 1350 g/mol. The molecule has 0 aliphatic carbocycles. The molecule has 618 valence electrons. The van der Waals surface area contributed by atoms with E-state index < -0.39 is 97.5 Å². The summed E-state index contributed by atoms with van der Waals surface area (Å²) in [4.78, 5) is 73.2. The van der Waals surface area contributed by atoms with Gasteiger partial charge in [0.2, 0.25) is 0 Å². The molecule has 0 aliphatic rings. The molecule has 104 heavy (non-hydrogen) atoms. The first-order chi connectivity index (χ1) is 50.5. The van der Waals surface area contributed by atoms with Gasteiger partial charge in [0.1, 0.15) is 19.3 Å². The third kappa shape index (κ3) is 78.2. The van der Waals surface area contributed by atoms with Gasteiger partial charge in [0.05, 0.1) is 26.4 Å². The zero-order valence-electron chi connectivity index (χ0n) is 68.2. The van der Waals surface area contributed by atoms with Crippen LogP contribution in [0.5, 0.6) is 0 Å². The zero-order valence-corrected chi connectivity index (χ0v) is 70.0. The summed E-state index contributed by atoms with van der Waals surface area (Å²) < 4.78 is 68.9. The number of aliphatic hydroxyl groups excluding tert-OH is 1. The Labute approximate surface area is 638 Å². The van der Waals surface area contributed by atoms with Crippen LogP contribution in [-0.4, -0.2) is 96.7 Å². The van der Waals surface area contributed by atoms with Crippen LogP contribution in [0.2, 0.25) is 0 Å². The first-order valence-corrected chi connectivity index (χ1v) is 47.1. The highest BCUT2D eigenvalue weighted by atomic mass is 31.2. The average molecular weight is 1520 g/mol. The number of hydrogen-bond acceptors (Lipinski definition) is 15. The summed E-state index contributed by atoms with van der Waals surface area (Å²) in [5.74, 6) is -1.33. The summed E-state index contributed by atoms with van der Waals surface area (Å²) in [5.41, 5.74) is 0. The van der Waals surface area contributed by atoms with Gasteiger partial charge in [-0.3, -0.25) is 37.3 Å². The van der Waals surface area contributed by atoms with Crippen molar-refractivity contribution in [2.24, 2.45) is 5.92 Å². The fourth-order valence-electron chi connectivity index (χ4n) is 13.3. The quantitative estimate of drug-likeness (QED) is 0.0222. The topological polar surface area (TPSA) is 237 Å². The fourth-order valence-corrected chi connectivity index (χ4v) is 14.9. The summed E-state index contributed by atoms with van der Waals surface area (Å²) in [6.07, 6.45) is 70.7. The van der Waals surface area contributed by atoms with Gasteiger partial charge in [0.15, 0.2) is 12.2 Å². The number of carbonyl (C=O) groups excluding carboxylic acids is 4. The maximum Gasteiger partial charge on any atom is 0.472 e. The smallest absolute Gasteiger partial charge is 0.462 e. The molecule has 0 aromatic rings. The molecule has 0 radical (unpaired) electrons. The van der Waals surface area contributed by atoms with Crippen molar-refractivity contribution in [2.45, 2.75) is 477 Å². The van der Waals surface area contributed by atoms with Gasteiger partial charge in [-0.05, 0) is 31.6 Å². The number of rotatable bonds is 85. The lowest BCUT2D eigenvalue weighted by molar-refractivity contribution is -0.161. The van der Waals surface area contributed by atoms with Crippen molar-refractivity contribution in [1.29, 1.82) is 0 Å². The standard InChI is InChI=1S/C85H166O17P2/c1-6-9-12-15-18-21-24-27-29-31-33-35-37-40-45-50-55-60-65-70-84(89)101-80(74-96-83(88)69-64-59-54-49-44-39-36-34-32-30-28-25-22-19-16-13-10-7-2)76-99-103(91,92)97-72-79(86)73-98-104(93,94)100-77-81(75-95-82(87)68-63-58-53-48-43-38-26-23-20-17-14-11-8-3)102-85(90)71-66-61-56-51-46-41-42-47-52-57-62-67-78(4)5/h78-81,86H,6-77H2,1-5H3,(H,91,92)(H,93,94)/t79-,80-,81-/m1/s1. The van der Waals surface area contributed by atoms with Crippen molar-refractivity contribution < 1.29 is 80.2 Å². The van der Waals surface area contributed by atoms with Crippen LogP contribution in [0.15, 0.2) is 0 Å². The van der Waals surface area contributed by atoms with Gasteiger partial charge >= 0.3 is 39.5 Å². The molecule has 0 saturated heterocycles. The van der Waals surface area contributed by atoms with Gasteiger partial charge in [-0.25, -0.2) is 9.13 Å². The third-order valence-corrected chi connectivity index (χ3v) is 21.9. The van der Waals surface area contributed by atoms with Crippen molar-refractivity contribution in [3.63, 3.8) is 0 Å². The van der Waals surface area contributed by atoms with Gasteiger partial charge in [0.25, 0.3) is 0 Å². The van der Waals surface area contributed by atoms with Crippen LogP contribution in [0.1, 0.15) is 458 Å². The van der Waals surface area contributed by atoms with Crippen molar-refractivity contribution in [3.8, 4) is 0 Å². The molecule has 19 heteroatoms. The van der Waals surface area contributed by atoms with Crippen LogP contribution >= 0.6 is 15.6 Å². The summed E-state index contributed by atoms with van der Waals surface area (Å²) in [6, 6.07) is 0.